The molecule has 240 valence electrons. The number of hydrogen-bond acceptors (Lipinski definition) is 7. The fourth-order valence-corrected chi connectivity index (χ4v) is 4.91. The first kappa shape index (κ1) is 33.6. The average molecular weight is 627 g/mol. The predicted molar refractivity (Wildman–Crippen MR) is 175 cm³/mol. The number of hydrogen-bond donors (Lipinski definition) is 3. The molecule has 0 bridgehead atoms. The highest BCUT2D eigenvalue weighted by Crippen LogP contribution is 2.30. The number of ketones is 2. The summed E-state index contributed by atoms with van der Waals surface area (Å²) in [5.41, 5.74) is 4.88. The minimum Gasteiger partial charge on any atom is -0.478 e. The van der Waals surface area contributed by atoms with Gasteiger partial charge in [0.2, 0.25) is 0 Å². The van der Waals surface area contributed by atoms with Crippen LogP contribution in [0, 0.1) is 0 Å². The first-order valence-corrected chi connectivity index (χ1v) is 14.8. The smallest absolute Gasteiger partial charge is 0.412 e. The molecule has 3 aromatic rings. The van der Waals surface area contributed by atoms with Crippen LogP contribution >= 0.6 is 0 Å². The summed E-state index contributed by atoms with van der Waals surface area (Å²) in [5.74, 6) is -0.886. The Morgan fingerprint density at radius 3 is 1.76 bits per heavy atom. The third kappa shape index (κ3) is 9.13. The number of amides is 2. The van der Waals surface area contributed by atoms with Crippen LogP contribution in [0.3, 0.4) is 0 Å². The number of rotatable bonds is 4. The molecule has 2 aliphatic rings. The van der Waals surface area contributed by atoms with Gasteiger partial charge in [-0.2, -0.15) is 0 Å². The zero-order chi connectivity index (χ0) is 33.8. The molecule has 0 saturated carbocycles. The number of carboxylic acids is 1. The summed E-state index contributed by atoms with van der Waals surface area (Å²) in [4.78, 5) is 58.5. The molecule has 0 unspecified atom stereocenters. The van der Waals surface area contributed by atoms with Crippen molar-refractivity contribution < 1.29 is 38.6 Å². The molecular weight excluding hydrogens is 588 g/mol. The molecule has 0 saturated heterocycles. The number of carboxylic acid groups (broad SMARTS) is 1. The molecule has 10 heteroatoms. The maximum Gasteiger partial charge on any atom is 0.412 e. The average Bonchev–Trinajstić information content (AvgIpc) is 3.45. The van der Waals surface area contributed by atoms with E-state index in [1.807, 2.05) is 26.8 Å². The van der Waals surface area contributed by atoms with Gasteiger partial charge in [-0.15, -0.1) is 0 Å². The second-order valence-corrected chi connectivity index (χ2v) is 13.0. The monoisotopic (exact) mass is 626 g/mol. The van der Waals surface area contributed by atoms with E-state index >= 15 is 0 Å². The van der Waals surface area contributed by atoms with Crippen LogP contribution in [0.4, 0.5) is 21.0 Å². The lowest BCUT2D eigenvalue weighted by Crippen LogP contribution is -2.27. The number of carbonyl (C=O) groups excluding carboxylic acids is 4. The van der Waals surface area contributed by atoms with Gasteiger partial charge in [-0.05, 0) is 119 Å². The lowest BCUT2D eigenvalue weighted by molar-refractivity contribution is 0.0624. The third-order valence-corrected chi connectivity index (χ3v) is 6.84. The Kier molecular flexibility index (Phi) is 9.80. The van der Waals surface area contributed by atoms with Crippen LogP contribution < -0.4 is 10.6 Å². The molecule has 0 aromatic heterocycles. The van der Waals surface area contributed by atoms with E-state index in [0.717, 1.165) is 28.7 Å². The van der Waals surface area contributed by atoms with Crippen molar-refractivity contribution in [3.05, 3.63) is 99.6 Å². The van der Waals surface area contributed by atoms with Crippen LogP contribution in [0.25, 0.3) is 6.08 Å². The summed E-state index contributed by atoms with van der Waals surface area (Å²) < 4.78 is 10.4. The van der Waals surface area contributed by atoms with Gasteiger partial charge in [0.1, 0.15) is 11.2 Å². The number of Topliss-reactive ketones (excluding diaryl/α,β-unsaturated/α-hetero) is 2. The number of fused-ring (bicyclic) bond motifs is 2. The van der Waals surface area contributed by atoms with Crippen LogP contribution in [0.5, 0.6) is 0 Å². The summed E-state index contributed by atoms with van der Waals surface area (Å²) in [7, 11) is 0. The highest BCUT2D eigenvalue weighted by Gasteiger charge is 2.26. The molecule has 10 nitrogen and oxygen atoms in total. The Bertz CT molecular complexity index is 1720. The summed E-state index contributed by atoms with van der Waals surface area (Å²) in [6.45, 7) is 10.8. The standard InChI is InChI=1S/C22H21NO5.C14H17NO3/c1-22(2,3)28-21(27)23-17-8-9-18-15(12-17)11-16(19(18)24)10-13-4-6-14(7-5-13)20(25)26;1-14(2,3)18-13(17)15-10-5-6-11-9(8-10)4-7-12(11)16/h4-10,12H,11H2,1-3H3,(H,23,27)(H,25,26);5-6,8H,4,7H2,1-3H3,(H,15,17)/b16-10+;. The van der Waals surface area contributed by atoms with Crippen molar-refractivity contribution >= 4 is 47.2 Å². The van der Waals surface area contributed by atoms with Crippen molar-refractivity contribution in [1.82, 2.24) is 0 Å². The van der Waals surface area contributed by atoms with Crippen molar-refractivity contribution in [2.45, 2.75) is 72.0 Å². The number of carbonyl (C=O) groups is 5. The normalized spacial score (nSPS) is 14.5. The highest BCUT2D eigenvalue weighted by molar-refractivity contribution is 6.16. The lowest BCUT2D eigenvalue weighted by Gasteiger charge is -2.19. The molecule has 0 heterocycles. The molecule has 46 heavy (non-hydrogen) atoms. The first-order valence-electron chi connectivity index (χ1n) is 14.8. The largest absolute Gasteiger partial charge is 0.478 e. The van der Waals surface area contributed by atoms with Gasteiger partial charge in [-0.1, -0.05) is 12.1 Å². The van der Waals surface area contributed by atoms with Crippen LogP contribution in [-0.4, -0.2) is 46.0 Å². The Hall–Kier alpha value is -5.25. The van der Waals surface area contributed by atoms with Crippen molar-refractivity contribution in [3.8, 4) is 0 Å². The fourth-order valence-electron chi connectivity index (χ4n) is 4.91. The van der Waals surface area contributed by atoms with Crippen LogP contribution in [0.15, 0.2) is 66.2 Å². The Morgan fingerprint density at radius 1 is 0.717 bits per heavy atom. The van der Waals surface area contributed by atoms with E-state index in [0.29, 0.717) is 35.4 Å². The molecule has 0 aliphatic heterocycles. The fraction of sp³-hybridized carbons (Fsp3) is 0.306. The molecule has 0 fully saturated rings. The van der Waals surface area contributed by atoms with Crippen LogP contribution in [-0.2, 0) is 22.3 Å². The Balaban J connectivity index is 0.000000230. The molecule has 0 atom stereocenters. The van der Waals surface area contributed by atoms with Gasteiger partial charge >= 0.3 is 18.2 Å². The highest BCUT2D eigenvalue weighted by atomic mass is 16.6. The van der Waals surface area contributed by atoms with Crippen molar-refractivity contribution in [2.75, 3.05) is 10.6 Å². The van der Waals surface area contributed by atoms with Crippen molar-refractivity contribution in [1.29, 1.82) is 0 Å². The number of anilines is 2. The van der Waals surface area contributed by atoms with E-state index in [-0.39, 0.29) is 17.1 Å². The van der Waals surface area contributed by atoms with Gasteiger partial charge in [0.05, 0.1) is 5.56 Å². The van der Waals surface area contributed by atoms with Crippen LogP contribution in [0.2, 0.25) is 0 Å². The van der Waals surface area contributed by atoms with E-state index in [1.54, 1.807) is 69.3 Å². The summed E-state index contributed by atoms with van der Waals surface area (Å²) in [6, 6.07) is 16.8. The zero-order valence-corrected chi connectivity index (χ0v) is 26.8. The maximum absolute atomic E-state index is 12.6. The number of ether oxygens (including phenoxy) is 2. The van der Waals surface area contributed by atoms with E-state index < -0.39 is 29.4 Å². The van der Waals surface area contributed by atoms with Gasteiger partial charge in [-0.25, -0.2) is 14.4 Å². The molecule has 2 aliphatic carbocycles. The first-order chi connectivity index (χ1) is 21.5. The Labute approximate surface area is 267 Å². The minimum atomic E-state index is -0.992. The van der Waals surface area contributed by atoms with Crippen molar-refractivity contribution in [3.63, 3.8) is 0 Å². The van der Waals surface area contributed by atoms with E-state index in [9.17, 15) is 24.0 Å². The summed E-state index contributed by atoms with van der Waals surface area (Å²) in [5, 5.41) is 14.3. The number of allylic oxidation sites excluding steroid dienone is 1. The molecule has 3 N–H and O–H groups in total. The quantitative estimate of drug-likeness (QED) is 0.249. The molecule has 5 rings (SSSR count). The van der Waals surface area contributed by atoms with Crippen molar-refractivity contribution in [2.24, 2.45) is 0 Å². The molecule has 0 radical (unpaired) electrons. The topological polar surface area (TPSA) is 148 Å². The number of nitrogens with one attached hydrogen (secondary N) is 2. The van der Waals surface area contributed by atoms with Gasteiger partial charge < -0.3 is 14.6 Å². The second-order valence-electron chi connectivity index (χ2n) is 13.0. The number of aromatic carboxylic acids is 1. The summed E-state index contributed by atoms with van der Waals surface area (Å²) >= 11 is 0. The van der Waals surface area contributed by atoms with E-state index in [2.05, 4.69) is 10.6 Å². The lowest BCUT2D eigenvalue weighted by atomic mass is 10.1. The van der Waals surface area contributed by atoms with Gasteiger partial charge in [-0.3, -0.25) is 20.2 Å². The van der Waals surface area contributed by atoms with E-state index in [4.69, 9.17) is 14.6 Å². The van der Waals surface area contributed by atoms with E-state index in [1.165, 1.54) is 12.1 Å². The SMILES string of the molecule is CC(C)(C)OC(=O)Nc1ccc2c(c1)C/C(=C\c1ccc(C(=O)O)cc1)C2=O.CC(C)(C)OC(=O)Nc1ccc2c(c1)CCC2=O. The minimum absolute atomic E-state index is 0.0684. The molecular formula is C36H38N2O8. The molecule has 3 aromatic carbocycles. The van der Waals surface area contributed by atoms with Gasteiger partial charge in [0, 0.05) is 40.9 Å². The number of benzene rings is 3. The summed E-state index contributed by atoms with van der Waals surface area (Å²) in [6.07, 6.45) is 2.48. The van der Waals surface area contributed by atoms with Gasteiger partial charge in [0.25, 0.3) is 0 Å². The Morgan fingerprint density at radius 2 is 1.24 bits per heavy atom. The zero-order valence-electron chi connectivity index (χ0n) is 26.8. The third-order valence-electron chi connectivity index (χ3n) is 6.84. The maximum atomic E-state index is 12.6. The predicted octanol–water partition coefficient (Wildman–Crippen LogP) is 7.72. The second kappa shape index (κ2) is 13.4. The van der Waals surface area contributed by atoms with Gasteiger partial charge in [0.15, 0.2) is 11.6 Å². The number of aryl methyl sites for hydroxylation is 1. The molecule has 0 spiro atoms. The van der Waals surface area contributed by atoms with Crippen LogP contribution in [0.1, 0.15) is 95.7 Å². The molecule has 2 amide bonds.